The average molecular weight is 331 g/mol. The van der Waals surface area contributed by atoms with Crippen molar-refractivity contribution in [1.29, 1.82) is 0 Å². The molecule has 2 rings (SSSR count). The van der Waals surface area contributed by atoms with Crippen molar-refractivity contribution < 1.29 is 4.79 Å². The van der Waals surface area contributed by atoms with Gasteiger partial charge in [0, 0.05) is 17.3 Å². The Kier molecular flexibility index (Phi) is 5.67. The fourth-order valence-electron chi connectivity index (χ4n) is 2.24. The molecule has 0 saturated carbocycles. The summed E-state index contributed by atoms with van der Waals surface area (Å²) in [5, 5.41) is 6.41. The third-order valence-electron chi connectivity index (χ3n) is 3.60. The van der Waals surface area contributed by atoms with Crippen LogP contribution in [0.3, 0.4) is 0 Å². The smallest absolute Gasteiger partial charge is 0.319 e. The standard InChI is InChI=1S/C19H23ClN2O/c1-19(2,3)15-7-9-17(10-8-15)22-18(23)21-12-11-14-5-4-6-16(20)13-14/h4-10,13H,11-12H2,1-3H3,(H2,21,22,23). The lowest BCUT2D eigenvalue weighted by Gasteiger charge is -2.19. The Labute approximate surface area is 143 Å². The first-order valence-corrected chi connectivity index (χ1v) is 8.12. The van der Waals surface area contributed by atoms with E-state index in [1.54, 1.807) is 0 Å². The van der Waals surface area contributed by atoms with E-state index in [-0.39, 0.29) is 11.4 Å². The second-order valence-corrected chi connectivity index (χ2v) is 7.02. The van der Waals surface area contributed by atoms with Crippen molar-refractivity contribution in [3.63, 3.8) is 0 Å². The molecule has 23 heavy (non-hydrogen) atoms. The molecule has 0 aliphatic carbocycles. The maximum atomic E-state index is 11.9. The molecule has 0 atom stereocenters. The molecule has 0 spiro atoms. The number of amides is 2. The van der Waals surface area contributed by atoms with Crippen LogP contribution in [0.2, 0.25) is 5.02 Å². The van der Waals surface area contributed by atoms with Crippen LogP contribution >= 0.6 is 11.6 Å². The first kappa shape index (κ1) is 17.4. The molecule has 0 aromatic heterocycles. The number of rotatable bonds is 4. The number of benzene rings is 2. The van der Waals surface area contributed by atoms with Gasteiger partial charge in [-0.15, -0.1) is 0 Å². The van der Waals surface area contributed by atoms with E-state index in [0.29, 0.717) is 11.6 Å². The number of anilines is 1. The van der Waals surface area contributed by atoms with Crippen molar-refractivity contribution in [2.75, 3.05) is 11.9 Å². The van der Waals surface area contributed by atoms with Gasteiger partial charge in [-0.25, -0.2) is 4.79 Å². The Morgan fingerprint density at radius 2 is 1.78 bits per heavy atom. The van der Waals surface area contributed by atoms with Gasteiger partial charge in [0.2, 0.25) is 0 Å². The summed E-state index contributed by atoms with van der Waals surface area (Å²) in [6, 6.07) is 15.4. The van der Waals surface area contributed by atoms with Gasteiger partial charge in [0.1, 0.15) is 0 Å². The molecule has 0 bridgehead atoms. The van der Waals surface area contributed by atoms with Crippen LogP contribution in [0.5, 0.6) is 0 Å². The largest absolute Gasteiger partial charge is 0.338 e. The highest BCUT2D eigenvalue weighted by Gasteiger charge is 2.13. The summed E-state index contributed by atoms with van der Waals surface area (Å²) in [5.41, 5.74) is 3.24. The lowest BCUT2D eigenvalue weighted by molar-refractivity contribution is 0.252. The zero-order chi connectivity index (χ0) is 16.9. The van der Waals surface area contributed by atoms with Crippen molar-refractivity contribution in [2.45, 2.75) is 32.6 Å². The van der Waals surface area contributed by atoms with E-state index in [1.165, 1.54) is 5.56 Å². The van der Waals surface area contributed by atoms with E-state index in [4.69, 9.17) is 11.6 Å². The molecule has 0 heterocycles. The van der Waals surface area contributed by atoms with Gasteiger partial charge in [0.25, 0.3) is 0 Å². The Morgan fingerprint density at radius 1 is 1.09 bits per heavy atom. The van der Waals surface area contributed by atoms with Crippen LogP contribution in [0.1, 0.15) is 31.9 Å². The number of hydrogen-bond donors (Lipinski definition) is 2. The summed E-state index contributed by atoms with van der Waals surface area (Å²) in [7, 11) is 0. The van der Waals surface area contributed by atoms with E-state index in [9.17, 15) is 4.79 Å². The Morgan fingerprint density at radius 3 is 2.39 bits per heavy atom. The highest BCUT2D eigenvalue weighted by atomic mass is 35.5. The predicted octanol–water partition coefficient (Wildman–Crippen LogP) is 5.00. The molecule has 122 valence electrons. The summed E-state index contributed by atoms with van der Waals surface area (Å²) < 4.78 is 0. The maximum Gasteiger partial charge on any atom is 0.319 e. The number of carbonyl (C=O) groups excluding carboxylic acids is 1. The minimum absolute atomic E-state index is 0.109. The molecule has 2 N–H and O–H groups in total. The number of hydrogen-bond acceptors (Lipinski definition) is 1. The van der Waals surface area contributed by atoms with E-state index >= 15 is 0 Å². The Balaban J connectivity index is 1.80. The minimum Gasteiger partial charge on any atom is -0.338 e. The molecule has 0 aliphatic rings. The van der Waals surface area contributed by atoms with Gasteiger partial charge in [-0.05, 0) is 47.2 Å². The first-order valence-electron chi connectivity index (χ1n) is 7.74. The zero-order valence-corrected chi connectivity index (χ0v) is 14.6. The minimum atomic E-state index is -0.199. The second-order valence-electron chi connectivity index (χ2n) is 6.59. The van der Waals surface area contributed by atoms with Crippen LogP contribution in [-0.2, 0) is 11.8 Å². The molecule has 2 aromatic rings. The highest BCUT2D eigenvalue weighted by Crippen LogP contribution is 2.23. The van der Waals surface area contributed by atoms with Crippen molar-refractivity contribution in [1.82, 2.24) is 5.32 Å². The molecular formula is C19H23ClN2O. The molecule has 3 nitrogen and oxygen atoms in total. The summed E-state index contributed by atoms with van der Waals surface area (Å²) in [4.78, 5) is 11.9. The molecular weight excluding hydrogens is 308 g/mol. The van der Waals surface area contributed by atoms with Gasteiger partial charge in [-0.2, -0.15) is 0 Å². The van der Waals surface area contributed by atoms with Crippen molar-refractivity contribution in [2.24, 2.45) is 0 Å². The number of carbonyl (C=O) groups is 1. The van der Waals surface area contributed by atoms with Crippen molar-refractivity contribution >= 4 is 23.3 Å². The zero-order valence-electron chi connectivity index (χ0n) is 13.8. The fourth-order valence-corrected chi connectivity index (χ4v) is 2.45. The number of halogens is 1. The molecule has 0 radical (unpaired) electrons. The van der Waals surface area contributed by atoms with Crippen molar-refractivity contribution in [3.05, 3.63) is 64.7 Å². The Bertz CT molecular complexity index is 660. The monoisotopic (exact) mass is 330 g/mol. The van der Waals surface area contributed by atoms with Gasteiger partial charge in [0.15, 0.2) is 0 Å². The lowest BCUT2D eigenvalue weighted by Crippen LogP contribution is -2.30. The number of urea groups is 1. The van der Waals surface area contributed by atoms with Gasteiger partial charge < -0.3 is 10.6 Å². The molecule has 2 amide bonds. The average Bonchev–Trinajstić information content (AvgIpc) is 2.47. The summed E-state index contributed by atoms with van der Waals surface area (Å²) in [5.74, 6) is 0. The van der Waals surface area contributed by atoms with E-state index in [1.807, 2.05) is 48.5 Å². The normalized spacial score (nSPS) is 11.1. The van der Waals surface area contributed by atoms with E-state index < -0.39 is 0 Å². The second kappa shape index (κ2) is 7.51. The maximum absolute atomic E-state index is 11.9. The Hall–Kier alpha value is -2.00. The molecule has 0 unspecified atom stereocenters. The SMILES string of the molecule is CC(C)(C)c1ccc(NC(=O)NCCc2cccc(Cl)c2)cc1. The fraction of sp³-hybridized carbons (Fsp3) is 0.316. The summed E-state index contributed by atoms with van der Waals surface area (Å²) >= 11 is 5.94. The van der Waals surface area contributed by atoms with Crippen LogP contribution in [0.4, 0.5) is 10.5 Å². The van der Waals surface area contributed by atoms with Crippen LogP contribution in [0, 0.1) is 0 Å². The third-order valence-corrected chi connectivity index (χ3v) is 3.83. The van der Waals surface area contributed by atoms with E-state index in [2.05, 4.69) is 31.4 Å². The molecule has 4 heteroatoms. The highest BCUT2D eigenvalue weighted by molar-refractivity contribution is 6.30. The molecule has 0 aliphatic heterocycles. The third kappa shape index (κ3) is 5.61. The predicted molar refractivity (Wildman–Crippen MR) is 97.3 cm³/mol. The molecule has 0 saturated heterocycles. The van der Waals surface area contributed by atoms with Gasteiger partial charge >= 0.3 is 6.03 Å². The van der Waals surface area contributed by atoms with Crippen molar-refractivity contribution in [3.8, 4) is 0 Å². The van der Waals surface area contributed by atoms with Crippen LogP contribution in [-0.4, -0.2) is 12.6 Å². The van der Waals surface area contributed by atoms with E-state index in [0.717, 1.165) is 17.7 Å². The quantitative estimate of drug-likeness (QED) is 0.813. The van der Waals surface area contributed by atoms with Crippen LogP contribution < -0.4 is 10.6 Å². The topological polar surface area (TPSA) is 41.1 Å². The number of nitrogens with one attached hydrogen (secondary N) is 2. The van der Waals surface area contributed by atoms with Crippen LogP contribution in [0.15, 0.2) is 48.5 Å². The van der Waals surface area contributed by atoms with Gasteiger partial charge in [-0.1, -0.05) is 56.6 Å². The lowest BCUT2D eigenvalue weighted by atomic mass is 9.87. The summed E-state index contributed by atoms with van der Waals surface area (Å²) in [6.45, 7) is 7.06. The van der Waals surface area contributed by atoms with Gasteiger partial charge in [0.05, 0.1) is 0 Å². The van der Waals surface area contributed by atoms with Crippen LogP contribution in [0.25, 0.3) is 0 Å². The molecule has 2 aromatic carbocycles. The first-order chi connectivity index (χ1) is 10.8. The summed E-state index contributed by atoms with van der Waals surface area (Å²) in [6.07, 6.45) is 0.747. The molecule has 0 fully saturated rings. The van der Waals surface area contributed by atoms with Gasteiger partial charge in [-0.3, -0.25) is 0 Å².